The number of hydrogen-bond acceptors (Lipinski definition) is 4. The number of alkyl halides is 4. The fraction of sp³-hybridized carbons (Fsp3) is 0.520. The lowest BCUT2D eigenvalue weighted by Gasteiger charge is -2.35. The fourth-order valence-corrected chi connectivity index (χ4v) is 4.81. The van der Waals surface area contributed by atoms with Crippen LogP contribution in [-0.4, -0.2) is 45.0 Å². The molecule has 2 rings (SSSR count). The highest BCUT2D eigenvalue weighted by molar-refractivity contribution is 7.52. The van der Waals surface area contributed by atoms with Crippen molar-refractivity contribution in [1.29, 1.82) is 0 Å². The molecule has 0 aliphatic heterocycles. The molecule has 0 heterocycles. The number of rotatable bonds is 14. The summed E-state index contributed by atoms with van der Waals surface area (Å²) in [5.41, 5.74) is -10.2. The van der Waals surface area contributed by atoms with Crippen LogP contribution in [0.15, 0.2) is 48.5 Å². The summed E-state index contributed by atoms with van der Waals surface area (Å²) in [6.07, 6.45) is 0.0116. The van der Waals surface area contributed by atoms with Crippen molar-refractivity contribution < 1.29 is 55.7 Å². The highest BCUT2D eigenvalue weighted by Crippen LogP contribution is 2.60. The van der Waals surface area contributed by atoms with Gasteiger partial charge in [0.05, 0.1) is 25.4 Å². The zero-order valence-corrected chi connectivity index (χ0v) is 23.7. The Labute approximate surface area is 224 Å². The van der Waals surface area contributed by atoms with Crippen molar-refractivity contribution in [2.45, 2.75) is 64.1 Å². The van der Waals surface area contributed by atoms with Crippen LogP contribution in [-0.2, 0) is 42.8 Å². The Hall–Kier alpha value is -1.62. The highest BCUT2D eigenvalue weighted by atomic mass is 31.2. The van der Waals surface area contributed by atoms with Gasteiger partial charge in [0.15, 0.2) is 0 Å². The van der Waals surface area contributed by atoms with Crippen LogP contribution in [0, 0.1) is 5.41 Å². The Morgan fingerprint density at radius 1 is 0.641 bits per heavy atom. The van der Waals surface area contributed by atoms with E-state index in [-0.39, 0.29) is 38.3 Å². The molecule has 0 aliphatic carbocycles. The van der Waals surface area contributed by atoms with E-state index in [1.165, 1.54) is 24.3 Å². The van der Waals surface area contributed by atoms with E-state index in [0.717, 1.165) is 24.3 Å². The van der Waals surface area contributed by atoms with Crippen LogP contribution in [0.1, 0.15) is 49.9 Å². The first-order valence-corrected chi connectivity index (χ1v) is 15.2. The molecule has 0 unspecified atom stereocenters. The zero-order valence-electron chi connectivity index (χ0n) is 21.9. The van der Waals surface area contributed by atoms with Crippen LogP contribution in [0.5, 0.6) is 0 Å². The molecule has 14 heteroatoms. The van der Waals surface area contributed by atoms with Gasteiger partial charge in [-0.1, -0.05) is 48.5 Å². The van der Waals surface area contributed by atoms with Gasteiger partial charge in [-0.2, -0.15) is 17.6 Å². The molecule has 0 radical (unpaired) electrons. The molecule has 0 spiro atoms. The molecule has 0 aliphatic rings. The SMILES string of the molecule is CC(C)OCC(COC(C)C)(Cc1ccc(C(F)(F)P(=O)(O)O)cc1)Cc1ccc(C(F)(F)P(=O)(O)O)cc1. The second-order valence-electron chi connectivity index (χ2n) is 10.1. The Morgan fingerprint density at radius 3 is 1.15 bits per heavy atom. The van der Waals surface area contributed by atoms with E-state index >= 15 is 0 Å². The van der Waals surface area contributed by atoms with E-state index in [0.29, 0.717) is 11.1 Å². The monoisotopic (exact) mass is 600 g/mol. The summed E-state index contributed by atoms with van der Waals surface area (Å²) >= 11 is 0. The lowest BCUT2D eigenvalue weighted by atomic mass is 9.77. The van der Waals surface area contributed by atoms with Crippen molar-refractivity contribution in [3.63, 3.8) is 0 Å². The topological polar surface area (TPSA) is 134 Å². The predicted octanol–water partition coefficient (Wildman–Crippen LogP) is 5.76. The van der Waals surface area contributed by atoms with E-state index in [1.54, 1.807) is 0 Å². The largest absolute Gasteiger partial charge is 0.399 e. The minimum Gasteiger partial charge on any atom is -0.378 e. The zero-order chi connectivity index (χ0) is 29.9. The summed E-state index contributed by atoms with van der Waals surface area (Å²) in [7, 11) is -11.5. The average Bonchev–Trinajstić information content (AvgIpc) is 2.81. The van der Waals surface area contributed by atoms with Gasteiger partial charge in [0, 0.05) is 16.5 Å². The molecule has 220 valence electrons. The van der Waals surface area contributed by atoms with Gasteiger partial charge >= 0.3 is 26.5 Å². The summed E-state index contributed by atoms with van der Waals surface area (Å²) in [5.74, 6) is 0. The molecule has 0 fully saturated rings. The first kappa shape index (κ1) is 33.6. The van der Waals surface area contributed by atoms with Gasteiger partial charge in [-0.15, -0.1) is 0 Å². The lowest BCUT2D eigenvalue weighted by Crippen LogP contribution is -2.39. The van der Waals surface area contributed by atoms with Gasteiger partial charge in [0.2, 0.25) is 0 Å². The molecule has 0 saturated carbocycles. The Bertz CT molecular complexity index is 1080. The maximum absolute atomic E-state index is 14.1. The van der Waals surface area contributed by atoms with Crippen molar-refractivity contribution in [3.8, 4) is 0 Å². The van der Waals surface area contributed by atoms with Crippen molar-refractivity contribution in [2.24, 2.45) is 5.41 Å². The van der Waals surface area contributed by atoms with Crippen LogP contribution in [0.4, 0.5) is 17.6 Å². The maximum atomic E-state index is 14.1. The van der Waals surface area contributed by atoms with Gasteiger partial charge in [-0.3, -0.25) is 9.13 Å². The summed E-state index contributed by atoms with van der Waals surface area (Å²) in [5, 5.41) is 0. The smallest absolute Gasteiger partial charge is 0.378 e. The van der Waals surface area contributed by atoms with Gasteiger partial charge in [-0.25, -0.2) is 0 Å². The number of ether oxygens (including phenoxy) is 2. The third kappa shape index (κ3) is 8.68. The molecule has 2 aromatic carbocycles. The number of hydrogen-bond donors (Lipinski definition) is 4. The second kappa shape index (κ2) is 12.5. The molecule has 2 aromatic rings. The van der Waals surface area contributed by atoms with E-state index in [4.69, 9.17) is 29.0 Å². The van der Waals surface area contributed by atoms with Crippen LogP contribution < -0.4 is 0 Å². The van der Waals surface area contributed by atoms with Gasteiger partial charge < -0.3 is 29.0 Å². The molecule has 0 atom stereocenters. The third-order valence-corrected chi connectivity index (χ3v) is 7.92. The predicted molar refractivity (Wildman–Crippen MR) is 137 cm³/mol. The molecule has 39 heavy (non-hydrogen) atoms. The molecule has 4 N–H and O–H groups in total. The van der Waals surface area contributed by atoms with Gasteiger partial charge in [0.25, 0.3) is 0 Å². The average molecular weight is 600 g/mol. The third-order valence-electron chi connectivity index (χ3n) is 5.94. The Morgan fingerprint density at radius 2 is 0.923 bits per heavy atom. The standard InChI is InChI=1S/C25H34F4O8P2/c1-17(2)36-15-23(16-37-18(3)4,13-19-5-9-21(10-6-19)24(26,27)38(30,31)32)14-20-7-11-22(12-8-20)25(28,29)39(33,34)35/h5-12,17-18H,13-16H2,1-4H3,(H2,30,31,32)(H2,33,34,35). The molecular formula is C25H34F4O8P2. The van der Waals surface area contributed by atoms with Crippen LogP contribution in [0.25, 0.3) is 0 Å². The molecule has 0 saturated heterocycles. The molecule has 8 nitrogen and oxygen atoms in total. The first-order chi connectivity index (χ1) is 17.7. The fourth-order valence-electron chi connectivity index (χ4n) is 3.84. The van der Waals surface area contributed by atoms with E-state index in [9.17, 15) is 26.7 Å². The first-order valence-electron chi connectivity index (χ1n) is 12.0. The lowest BCUT2D eigenvalue weighted by molar-refractivity contribution is -0.0559. The van der Waals surface area contributed by atoms with Crippen LogP contribution in [0.3, 0.4) is 0 Å². The summed E-state index contributed by atoms with van der Waals surface area (Å²) in [6, 6.07) is 9.03. The minimum atomic E-state index is -5.74. The van der Waals surface area contributed by atoms with E-state index < -0.39 is 43.1 Å². The summed E-state index contributed by atoms with van der Waals surface area (Å²) in [4.78, 5) is 36.1. The van der Waals surface area contributed by atoms with Gasteiger partial charge in [-0.05, 0) is 51.7 Å². The number of benzene rings is 2. The maximum Gasteiger partial charge on any atom is 0.399 e. The van der Waals surface area contributed by atoms with Crippen LogP contribution >= 0.6 is 15.2 Å². The second-order valence-corrected chi connectivity index (χ2v) is 13.4. The molecule has 0 bridgehead atoms. The van der Waals surface area contributed by atoms with Crippen molar-refractivity contribution >= 4 is 15.2 Å². The Balaban J connectivity index is 2.47. The number of halogens is 4. The van der Waals surface area contributed by atoms with Crippen molar-refractivity contribution in [1.82, 2.24) is 0 Å². The summed E-state index contributed by atoms with van der Waals surface area (Å²) < 4.78 is 90.8. The highest BCUT2D eigenvalue weighted by Gasteiger charge is 2.51. The molecule has 0 amide bonds. The molecule has 0 aromatic heterocycles. The van der Waals surface area contributed by atoms with Crippen molar-refractivity contribution in [3.05, 3.63) is 70.8 Å². The molecular weight excluding hydrogens is 566 g/mol. The minimum absolute atomic E-state index is 0.123. The van der Waals surface area contributed by atoms with Gasteiger partial charge in [0.1, 0.15) is 0 Å². The quantitative estimate of drug-likeness (QED) is 0.159. The van der Waals surface area contributed by atoms with E-state index in [2.05, 4.69) is 0 Å². The summed E-state index contributed by atoms with van der Waals surface area (Å²) in [6.45, 7) is 7.49. The van der Waals surface area contributed by atoms with Crippen LogP contribution in [0.2, 0.25) is 0 Å². The van der Waals surface area contributed by atoms with Crippen molar-refractivity contribution in [2.75, 3.05) is 13.2 Å². The van der Waals surface area contributed by atoms with E-state index in [1.807, 2.05) is 27.7 Å². The normalized spacial score (nSPS) is 13.9. The Kier molecular flexibility index (Phi) is 10.8.